The van der Waals surface area contributed by atoms with Gasteiger partial charge in [0.2, 0.25) is 11.8 Å². The number of rotatable bonds is 10. The second-order valence-electron chi connectivity index (χ2n) is 9.56. The van der Waals surface area contributed by atoms with Gasteiger partial charge in [0, 0.05) is 12.6 Å². The Morgan fingerprint density at radius 2 is 1.79 bits per heavy atom. The Labute approximate surface area is 198 Å². The maximum atomic E-state index is 13.6. The summed E-state index contributed by atoms with van der Waals surface area (Å²) in [6.07, 6.45) is 0.933. The second kappa shape index (κ2) is 12.6. The van der Waals surface area contributed by atoms with Gasteiger partial charge in [-0.1, -0.05) is 31.5 Å². The zero-order valence-corrected chi connectivity index (χ0v) is 21.3. The topological polar surface area (TPSA) is 108 Å². The first-order chi connectivity index (χ1) is 15.3. The lowest BCUT2D eigenvalue weighted by atomic mass is 9.94. The van der Waals surface area contributed by atoms with Crippen LogP contribution in [0.15, 0.2) is 18.2 Å². The number of aryl methyl sites for hydroxylation is 1. The molecule has 3 N–H and O–H groups in total. The molecule has 2 atom stereocenters. The van der Waals surface area contributed by atoms with Crippen LogP contribution in [0.5, 0.6) is 0 Å². The summed E-state index contributed by atoms with van der Waals surface area (Å²) < 4.78 is 5.24. The van der Waals surface area contributed by atoms with Crippen molar-refractivity contribution in [2.24, 2.45) is 0 Å². The maximum Gasteiger partial charge on any atom is 0.408 e. The SMILES string of the molecule is CCCCNC(=O)C(c1cccc(C)c1C)N(C(=O)C(CO)NC(=O)OC(C)(C)C)C(C)C. The summed E-state index contributed by atoms with van der Waals surface area (Å²) in [6, 6.07) is 3.10. The minimum Gasteiger partial charge on any atom is -0.444 e. The minimum absolute atomic E-state index is 0.298. The number of alkyl carbamates (subject to hydrolysis) is 1. The molecule has 0 aromatic heterocycles. The molecule has 0 aliphatic heterocycles. The molecule has 0 spiro atoms. The van der Waals surface area contributed by atoms with Crippen LogP contribution >= 0.6 is 0 Å². The van der Waals surface area contributed by atoms with Crippen molar-refractivity contribution < 1.29 is 24.2 Å². The molecular weight excluding hydrogens is 422 g/mol. The fourth-order valence-corrected chi connectivity index (χ4v) is 3.47. The van der Waals surface area contributed by atoms with Crippen molar-refractivity contribution in [3.63, 3.8) is 0 Å². The Hall–Kier alpha value is -2.61. The van der Waals surface area contributed by atoms with Crippen LogP contribution in [0.3, 0.4) is 0 Å². The van der Waals surface area contributed by atoms with Crippen LogP contribution in [0.25, 0.3) is 0 Å². The highest BCUT2D eigenvalue weighted by Gasteiger charge is 2.38. The monoisotopic (exact) mass is 463 g/mol. The molecular formula is C25H41N3O5. The van der Waals surface area contributed by atoms with Gasteiger partial charge < -0.3 is 25.4 Å². The number of nitrogens with one attached hydrogen (secondary N) is 2. The fourth-order valence-electron chi connectivity index (χ4n) is 3.47. The van der Waals surface area contributed by atoms with Crippen molar-refractivity contribution in [1.82, 2.24) is 15.5 Å². The number of nitrogens with zero attached hydrogens (tertiary/aromatic N) is 1. The van der Waals surface area contributed by atoms with E-state index in [1.807, 2.05) is 39.0 Å². The Balaban J connectivity index is 3.39. The summed E-state index contributed by atoms with van der Waals surface area (Å²) in [7, 11) is 0. The number of hydrogen-bond acceptors (Lipinski definition) is 5. The Kier molecular flexibility index (Phi) is 10.8. The molecule has 0 saturated heterocycles. The van der Waals surface area contributed by atoms with Gasteiger partial charge in [0.05, 0.1) is 6.61 Å². The van der Waals surface area contributed by atoms with Crippen LogP contribution < -0.4 is 10.6 Å². The van der Waals surface area contributed by atoms with E-state index in [1.54, 1.807) is 34.6 Å². The number of carbonyl (C=O) groups excluding carboxylic acids is 3. The molecule has 33 heavy (non-hydrogen) atoms. The molecule has 0 fully saturated rings. The molecule has 8 heteroatoms. The number of carbonyl (C=O) groups is 3. The first kappa shape index (κ1) is 28.4. The summed E-state index contributed by atoms with van der Waals surface area (Å²) in [5, 5.41) is 15.3. The average molecular weight is 464 g/mol. The van der Waals surface area contributed by atoms with Gasteiger partial charge in [0.1, 0.15) is 17.7 Å². The van der Waals surface area contributed by atoms with Gasteiger partial charge >= 0.3 is 6.09 Å². The zero-order valence-electron chi connectivity index (χ0n) is 21.3. The van der Waals surface area contributed by atoms with E-state index in [9.17, 15) is 19.5 Å². The highest BCUT2D eigenvalue weighted by Crippen LogP contribution is 2.29. The van der Waals surface area contributed by atoms with Crippen LogP contribution in [0.1, 0.15) is 77.1 Å². The van der Waals surface area contributed by atoms with Crippen LogP contribution in [0, 0.1) is 13.8 Å². The molecule has 3 amide bonds. The van der Waals surface area contributed by atoms with Crippen LogP contribution in [-0.2, 0) is 14.3 Å². The van der Waals surface area contributed by atoms with Crippen molar-refractivity contribution in [1.29, 1.82) is 0 Å². The normalized spacial score (nSPS) is 13.3. The first-order valence-electron chi connectivity index (χ1n) is 11.6. The number of unbranched alkanes of at least 4 members (excludes halogenated alkanes) is 1. The molecule has 0 saturated carbocycles. The van der Waals surface area contributed by atoms with Crippen molar-refractivity contribution >= 4 is 17.9 Å². The molecule has 0 bridgehead atoms. The smallest absolute Gasteiger partial charge is 0.408 e. The average Bonchev–Trinajstić information content (AvgIpc) is 2.70. The third-order valence-corrected chi connectivity index (χ3v) is 5.28. The molecule has 0 radical (unpaired) electrons. The standard InChI is InChI=1S/C25H41N3O5/c1-9-10-14-26-22(30)21(19-13-11-12-17(4)18(19)5)28(16(2)3)23(31)20(15-29)27-24(32)33-25(6,7)8/h11-13,16,20-21,29H,9-10,14-15H2,1-8H3,(H,26,30)(H,27,32). The van der Waals surface area contributed by atoms with Gasteiger partial charge in [-0.3, -0.25) is 9.59 Å². The quantitative estimate of drug-likeness (QED) is 0.461. The molecule has 0 heterocycles. The van der Waals surface area contributed by atoms with E-state index in [-0.39, 0.29) is 11.9 Å². The molecule has 2 unspecified atom stereocenters. The van der Waals surface area contributed by atoms with Gasteiger partial charge in [0.15, 0.2) is 0 Å². The van der Waals surface area contributed by atoms with Gasteiger partial charge in [-0.15, -0.1) is 0 Å². The lowest BCUT2D eigenvalue weighted by molar-refractivity contribution is -0.145. The fraction of sp³-hybridized carbons (Fsp3) is 0.640. The number of aliphatic hydroxyl groups excluding tert-OH is 1. The molecule has 1 aromatic rings. The molecule has 8 nitrogen and oxygen atoms in total. The number of amides is 3. The van der Waals surface area contributed by atoms with E-state index in [0.29, 0.717) is 12.1 Å². The Morgan fingerprint density at radius 1 is 1.15 bits per heavy atom. The largest absolute Gasteiger partial charge is 0.444 e. The molecule has 186 valence electrons. The van der Waals surface area contributed by atoms with Crippen LogP contribution in [0.4, 0.5) is 4.79 Å². The highest BCUT2D eigenvalue weighted by atomic mass is 16.6. The zero-order chi connectivity index (χ0) is 25.3. The Bertz CT molecular complexity index is 817. The third kappa shape index (κ3) is 8.35. The van der Waals surface area contributed by atoms with Crippen molar-refractivity contribution in [3.05, 3.63) is 34.9 Å². The summed E-state index contributed by atoms with van der Waals surface area (Å²) in [5.74, 6) is -0.858. The third-order valence-electron chi connectivity index (χ3n) is 5.28. The predicted molar refractivity (Wildman–Crippen MR) is 129 cm³/mol. The van der Waals surface area contributed by atoms with Gasteiger partial charge in [-0.25, -0.2) is 4.79 Å². The molecule has 0 aliphatic carbocycles. The highest BCUT2D eigenvalue weighted by molar-refractivity contribution is 5.92. The van der Waals surface area contributed by atoms with Gasteiger partial charge in [-0.2, -0.15) is 0 Å². The van der Waals surface area contributed by atoms with E-state index >= 15 is 0 Å². The molecule has 1 rings (SSSR count). The van der Waals surface area contributed by atoms with Gasteiger partial charge in [0.25, 0.3) is 0 Å². The predicted octanol–water partition coefficient (Wildman–Crippen LogP) is 3.38. The number of aliphatic hydroxyl groups is 1. The van der Waals surface area contributed by atoms with Gasteiger partial charge in [-0.05, 0) is 71.6 Å². The maximum absolute atomic E-state index is 13.6. The minimum atomic E-state index is -1.25. The number of hydrogen-bond donors (Lipinski definition) is 3. The Morgan fingerprint density at radius 3 is 2.30 bits per heavy atom. The van der Waals surface area contributed by atoms with E-state index in [2.05, 4.69) is 10.6 Å². The molecule has 1 aromatic carbocycles. The van der Waals surface area contributed by atoms with Crippen molar-refractivity contribution in [2.75, 3.05) is 13.2 Å². The first-order valence-corrected chi connectivity index (χ1v) is 11.6. The summed E-state index contributed by atoms with van der Waals surface area (Å²) in [6.45, 7) is 14.5. The number of ether oxygens (including phenoxy) is 1. The van der Waals surface area contributed by atoms with Crippen molar-refractivity contribution in [2.45, 2.75) is 92.0 Å². The summed E-state index contributed by atoms with van der Waals surface area (Å²) >= 11 is 0. The lowest BCUT2D eigenvalue weighted by Gasteiger charge is -2.37. The number of benzene rings is 1. The van der Waals surface area contributed by atoms with Crippen LogP contribution in [0.2, 0.25) is 0 Å². The van der Waals surface area contributed by atoms with Crippen LogP contribution in [-0.4, -0.2) is 58.8 Å². The second-order valence-corrected chi connectivity index (χ2v) is 9.56. The lowest BCUT2D eigenvalue weighted by Crippen LogP contribution is -2.56. The summed E-state index contributed by atoms with van der Waals surface area (Å²) in [5.41, 5.74) is 1.86. The van der Waals surface area contributed by atoms with E-state index < -0.39 is 36.3 Å². The van der Waals surface area contributed by atoms with E-state index in [0.717, 1.165) is 24.0 Å². The van der Waals surface area contributed by atoms with Crippen molar-refractivity contribution in [3.8, 4) is 0 Å². The molecule has 0 aliphatic rings. The van der Waals surface area contributed by atoms with E-state index in [4.69, 9.17) is 4.74 Å². The summed E-state index contributed by atoms with van der Waals surface area (Å²) in [4.78, 5) is 40.7. The van der Waals surface area contributed by atoms with E-state index in [1.165, 1.54) is 4.90 Å².